The van der Waals surface area contributed by atoms with Gasteiger partial charge in [-0.15, -0.1) is 0 Å². The van der Waals surface area contributed by atoms with Gasteiger partial charge < -0.3 is 10.0 Å². The van der Waals surface area contributed by atoms with E-state index in [-0.39, 0.29) is 5.91 Å². The lowest BCUT2D eigenvalue weighted by Crippen LogP contribution is -2.36. The number of carbonyl (C=O) groups excluding carboxylic acids is 1. The monoisotopic (exact) mass is 254 g/mol. The van der Waals surface area contributed by atoms with Gasteiger partial charge in [-0.05, 0) is 19.8 Å². The number of aliphatic hydroxyl groups excluding tert-OH is 1. The Balaban J connectivity index is 2.41. The fraction of sp³-hybridized carbons (Fsp3) is 0.786. The summed E-state index contributed by atoms with van der Waals surface area (Å²) in [4.78, 5) is 15.3. The maximum absolute atomic E-state index is 11.3. The van der Waals surface area contributed by atoms with Crippen molar-refractivity contribution >= 4 is 5.91 Å². The lowest BCUT2D eigenvalue weighted by molar-refractivity contribution is -0.129. The fourth-order valence-electron chi connectivity index (χ4n) is 2.18. The lowest BCUT2D eigenvalue weighted by Gasteiger charge is -2.20. The van der Waals surface area contributed by atoms with Gasteiger partial charge in [-0.2, -0.15) is 0 Å². The van der Waals surface area contributed by atoms with Gasteiger partial charge in [0.05, 0.1) is 6.10 Å². The Morgan fingerprint density at radius 2 is 2.06 bits per heavy atom. The third-order valence-electron chi connectivity index (χ3n) is 3.53. The molecular weight excluding hydrogens is 228 g/mol. The average molecular weight is 254 g/mol. The Morgan fingerprint density at radius 3 is 2.67 bits per heavy atom. The number of aliphatic hydroxyl groups is 1. The highest BCUT2D eigenvalue weighted by molar-refractivity contribution is 5.73. The van der Waals surface area contributed by atoms with Crippen molar-refractivity contribution in [3.05, 3.63) is 11.6 Å². The van der Waals surface area contributed by atoms with Gasteiger partial charge in [-0.25, -0.2) is 0 Å². The number of rotatable bonds is 4. The topological polar surface area (TPSA) is 43.8 Å². The molecule has 1 amide bonds. The number of β-amino-alcohol motifs (C(OH)–C–C–N with tert-alkyl or cyclic N) is 1. The van der Waals surface area contributed by atoms with E-state index in [1.165, 1.54) is 5.57 Å². The molecule has 0 aliphatic carbocycles. The summed E-state index contributed by atoms with van der Waals surface area (Å²) in [5.74, 6) is 0.0534. The van der Waals surface area contributed by atoms with E-state index >= 15 is 0 Å². The molecule has 1 rings (SSSR count). The van der Waals surface area contributed by atoms with Gasteiger partial charge >= 0.3 is 0 Å². The van der Waals surface area contributed by atoms with E-state index in [0.29, 0.717) is 13.1 Å². The van der Waals surface area contributed by atoms with Crippen molar-refractivity contribution in [3.63, 3.8) is 0 Å². The van der Waals surface area contributed by atoms with E-state index in [0.717, 1.165) is 32.5 Å². The molecule has 4 heteroatoms. The van der Waals surface area contributed by atoms with Crippen LogP contribution in [0.4, 0.5) is 0 Å². The molecule has 1 atom stereocenters. The highest BCUT2D eigenvalue weighted by Crippen LogP contribution is 2.06. The summed E-state index contributed by atoms with van der Waals surface area (Å²) in [5, 5.41) is 9.88. The maximum Gasteiger partial charge on any atom is 0.219 e. The van der Waals surface area contributed by atoms with E-state index < -0.39 is 6.10 Å². The van der Waals surface area contributed by atoms with Crippen LogP contribution < -0.4 is 0 Å². The maximum atomic E-state index is 11.3. The number of hydrogen-bond acceptors (Lipinski definition) is 3. The van der Waals surface area contributed by atoms with Crippen LogP contribution in [0.2, 0.25) is 0 Å². The molecule has 18 heavy (non-hydrogen) atoms. The normalized spacial score (nSPS) is 23.0. The third kappa shape index (κ3) is 5.19. The van der Waals surface area contributed by atoms with Crippen molar-refractivity contribution in [2.24, 2.45) is 0 Å². The molecule has 0 spiro atoms. The first-order valence-electron chi connectivity index (χ1n) is 6.84. The van der Waals surface area contributed by atoms with Gasteiger partial charge in [-0.1, -0.05) is 18.6 Å². The van der Waals surface area contributed by atoms with E-state index in [1.54, 1.807) is 11.8 Å². The van der Waals surface area contributed by atoms with Crippen LogP contribution in [0, 0.1) is 0 Å². The van der Waals surface area contributed by atoms with Gasteiger partial charge in [0.1, 0.15) is 0 Å². The van der Waals surface area contributed by atoms with Crippen molar-refractivity contribution in [1.29, 1.82) is 0 Å². The summed E-state index contributed by atoms with van der Waals surface area (Å²) in [5.41, 5.74) is 1.41. The SMILES string of the molecule is CC/C(C)=C/CCN1CCN(C(C)=O)C[C@@H](O)C1. The number of amides is 1. The summed E-state index contributed by atoms with van der Waals surface area (Å²) in [6.07, 6.45) is 3.96. The Bertz CT molecular complexity index is 302. The molecule has 1 heterocycles. The quantitative estimate of drug-likeness (QED) is 0.768. The molecule has 1 N–H and O–H groups in total. The molecule has 1 aliphatic heterocycles. The third-order valence-corrected chi connectivity index (χ3v) is 3.53. The molecule has 104 valence electrons. The first kappa shape index (κ1) is 15.2. The second-order valence-corrected chi connectivity index (χ2v) is 5.11. The first-order chi connectivity index (χ1) is 8.52. The van der Waals surface area contributed by atoms with E-state index in [9.17, 15) is 9.90 Å². The minimum Gasteiger partial charge on any atom is -0.390 e. The zero-order valence-corrected chi connectivity index (χ0v) is 11.9. The van der Waals surface area contributed by atoms with E-state index in [4.69, 9.17) is 0 Å². The standard InChI is InChI=1S/C14H26N2O2/c1-4-12(2)6-5-7-15-8-9-16(13(3)17)11-14(18)10-15/h6,14,18H,4-5,7-11H2,1-3H3/b12-6+/t14-/m0/s1. The molecule has 0 unspecified atom stereocenters. The largest absolute Gasteiger partial charge is 0.390 e. The summed E-state index contributed by atoms with van der Waals surface area (Å²) >= 11 is 0. The smallest absolute Gasteiger partial charge is 0.219 e. The molecule has 1 fully saturated rings. The predicted molar refractivity (Wildman–Crippen MR) is 73.4 cm³/mol. The molecule has 1 saturated heterocycles. The molecule has 0 aromatic heterocycles. The molecule has 4 nitrogen and oxygen atoms in total. The molecule has 0 aromatic rings. The van der Waals surface area contributed by atoms with Crippen LogP contribution in [0.5, 0.6) is 0 Å². The fourth-order valence-corrected chi connectivity index (χ4v) is 2.18. The minimum atomic E-state index is -0.423. The molecule has 0 radical (unpaired) electrons. The Labute approximate surface area is 110 Å². The molecule has 0 bridgehead atoms. The van der Waals surface area contributed by atoms with E-state index in [2.05, 4.69) is 24.8 Å². The lowest BCUT2D eigenvalue weighted by atomic mass is 10.2. The minimum absolute atomic E-state index is 0.0534. The van der Waals surface area contributed by atoms with Crippen LogP contribution in [-0.4, -0.2) is 59.6 Å². The van der Waals surface area contributed by atoms with Crippen molar-refractivity contribution in [2.75, 3.05) is 32.7 Å². The molecular formula is C14H26N2O2. The van der Waals surface area contributed by atoms with Crippen LogP contribution in [0.15, 0.2) is 11.6 Å². The summed E-state index contributed by atoms with van der Waals surface area (Å²) in [6.45, 7) is 9.55. The Kier molecular flexibility index (Phi) is 6.36. The number of hydrogen-bond donors (Lipinski definition) is 1. The predicted octanol–water partition coefficient (Wildman–Crippen LogP) is 1.26. The van der Waals surface area contributed by atoms with Crippen molar-refractivity contribution in [2.45, 2.75) is 39.7 Å². The Hall–Kier alpha value is -0.870. The Morgan fingerprint density at radius 1 is 1.33 bits per heavy atom. The number of nitrogens with zero attached hydrogens (tertiary/aromatic N) is 2. The van der Waals surface area contributed by atoms with Gasteiger partial charge in [0.2, 0.25) is 5.91 Å². The second-order valence-electron chi connectivity index (χ2n) is 5.11. The van der Waals surface area contributed by atoms with Gasteiger partial charge in [0.25, 0.3) is 0 Å². The van der Waals surface area contributed by atoms with Crippen LogP contribution in [-0.2, 0) is 4.79 Å². The highest BCUT2D eigenvalue weighted by atomic mass is 16.3. The van der Waals surface area contributed by atoms with Crippen molar-refractivity contribution in [1.82, 2.24) is 9.80 Å². The molecule has 0 aromatic carbocycles. The van der Waals surface area contributed by atoms with Crippen LogP contribution in [0.25, 0.3) is 0 Å². The summed E-state index contributed by atoms with van der Waals surface area (Å²) in [7, 11) is 0. The van der Waals surface area contributed by atoms with Crippen LogP contribution in [0.3, 0.4) is 0 Å². The van der Waals surface area contributed by atoms with Crippen molar-refractivity contribution in [3.8, 4) is 0 Å². The van der Waals surface area contributed by atoms with Gasteiger partial charge in [0.15, 0.2) is 0 Å². The first-order valence-corrected chi connectivity index (χ1v) is 6.84. The zero-order valence-electron chi connectivity index (χ0n) is 11.9. The van der Waals surface area contributed by atoms with E-state index in [1.807, 2.05) is 0 Å². The average Bonchev–Trinajstić information content (AvgIpc) is 2.50. The molecule has 0 saturated carbocycles. The second kappa shape index (κ2) is 7.54. The van der Waals surface area contributed by atoms with Gasteiger partial charge in [0, 0.05) is 39.6 Å². The summed E-state index contributed by atoms with van der Waals surface area (Å²) < 4.78 is 0. The van der Waals surface area contributed by atoms with Gasteiger partial charge in [-0.3, -0.25) is 9.69 Å². The van der Waals surface area contributed by atoms with Crippen LogP contribution >= 0.6 is 0 Å². The summed E-state index contributed by atoms with van der Waals surface area (Å²) in [6, 6.07) is 0. The highest BCUT2D eigenvalue weighted by Gasteiger charge is 2.21. The number of allylic oxidation sites excluding steroid dienone is 1. The number of carbonyl (C=O) groups is 1. The van der Waals surface area contributed by atoms with Crippen LogP contribution in [0.1, 0.15) is 33.6 Å². The van der Waals surface area contributed by atoms with Crippen molar-refractivity contribution < 1.29 is 9.90 Å². The zero-order chi connectivity index (χ0) is 13.5. The molecule has 1 aliphatic rings.